The van der Waals surface area contributed by atoms with Gasteiger partial charge in [0.1, 0.15) is 34.4 Å². The Bertz CT molecular complexity index is 2240. The summed E-state index contributed by atoms with van der Waals surface area (Å²) in [5, 5.41) is 11.5. The van der Waals surface area contributed by atoms with E-state index in [1.165, 1.54) is 24.5 Å². The van der Waals surface area contributed by atoms with Crippen LogP contribution in [0, 0.1) is 11.6 Å². The summed E-state index contributed by atoms with van der Waals surface area (Å²) in [7, 11) is -3.79. The molecular weight excluding hydrogens is 936 g/mol. The number of pyridine rings is 2. The number of benzene rings is 3. The number of halogens is 8. The molecule has 55 heavy (non-hydrogen) atoms. The number of nitrogens with zero attached hydrogens (tertiary/aromatic N) is 4. The Morgan fingerprint density at radius 1 is 0.582 bits per heavy atom. The number of aromatic nitrogens is 6. The molecule has 0 aliphatic rings. The summed E-state index contributed by atoms with van der Waals surface area (Å²) in [6.45, 7) is 0. The number of nitrogens with one attached hydrogen (secondary N) is 2. The maximum atomic E-state index is 13.9. The van der Waals surface area contributed by atoms with Gasteiger partial charge in [-0.05, 0) is 71.8 Å². The van der Waals surface area contributed by atoms with Crippen molar-refractivity contribution in [2.24, 2.45) is 0 Å². The first-order valence-corrected chi connectivity index (χ1v) is 17.3. The fraction of sp³-hybridized carbons (Fsp3) is 0.0811. The minimum absolute atomic E-state index is 0. The summed E-state index contributed by atoms with van der Waals surface area (Å²) in [4.78, 5) is 18.4. The molecule has 1 unspecified atom stereocenters. The summed E-state index contributed by atoms with van der Waals surface area (Å²) in [6, 6.07) is 30.1. The van der Waals surface area contributed by atoms with Crippen LogP contribution in [0.15, 0.2) is 134 Å². The van der Waals surface area contributed by atoms with Gasteiger partial charge in [-0.25, -0.2) is 8.78 Å². The van der Waals surface area contributed by atoms with Crippen LogP contribution < -0.4 is 10.6 Å². The molecule has 4 heterocycles. The largest absolute Gasteiger partial charge is 0.432 e. The second-order valence-electron chi connectivity index (χ2n) is 11.2. The molecular formula is C37H27F8IrN6O2P. The first-order valence-electron chi connectivity index (χ1n) is 15.6. The zero-order valence-electron chi connectivity index (χ0n) is 27.9. The van der Waals surface area contributed by atoms with E-state index < -0.39 is 42.7 Å². The molecule has 3 N–H and O–H groups in total. The van der Waals surface area contributed by atoms with E-state index in [1.54, 1.807) is 91.0 Å². The van der Waals surface area contributed by atoms with Crippen LogP contribution in [0.3, 0.4) is 0 Å². The number of hydrogen-bond acceptors (Lipinski definition) is 5. The van der Waals surface area contributed by atoms with Gasteiger partial charge in [0.05, 0.1) is 11.4 Å². The van der Waals surface area contributed by atoms with E-state index in [2.05, 4.69) is 20.2 Å². The van der Waals surface area contributed by atoms with Crippen LogP contribution in [0.4, 0.5) is 35.1 Å². The van der Waals surface area contributed by atoms with E-state index in [0.29, 0.717) is 22.3 Å². The van der Waals surface area contributed by atoms with Gasteiger partial charge >= 0.3 is 12.4 Å². The molecule has 0 saturated heterocycles. The predicted molar refractivity (Wildman–Crippen MR) is 185 cm³/mol. The van der Waals surface area contributed by atoms with Crippen molar-refractivity contribution in [3.8, 4) is 22.8 Å². The van der Waals surface area contributed by atoms with Crippen molar-refractivity contribution in [2.75, 3.05) is 0 Å². The smallest absolute Gasteiger partial charge is 0.338 e. The van der Waals surface area contributed by atoms with Gasteiger partial charge in [-0.3, -0.25) is 24.7 Å². The monoisotopic (exact) mass is 963 g/mol. The van der Waals surface area contributed by atoms with Gasteiger partial charge in [-0.2, -0.15) is 36.5 Å². The Hall–Kier alpha value is -5.34. The van der Waals surface area contributed by atoms with Gasteiger partial charge in [0.2, 0.25) is 0 Å². The van der Waals surface area contributed by atoms with E-state index in [-0.39, 0.29) is 48.8 Å². The molecule has 7 rings (SSSR count). The topological polar surface area (TPSA) is 120 Å². The van der Waals surface area contributed by atoms with Crippen molar-refractivity contribution in [1.82, 2.24) is 30.4 Å². The Balaban J connectivity index is 0.000000190. The average Bonchev–Trinajstić information content (AvgIpc) is 3.87. The molecule has 8 nitrogen and oxygen atoms in total. The maximum Gasteiger partial charge on any atom is 0.432 e. The summed E-state index contributed by atoms with van der Waals surface area (Å²) in [6.07, 6.45) is -5.70. The van der Waals surface area contributed by atoms with Gasteiger partial charge in [0.25, 0.3) is 7.37 Å². The van der Waals surface area contributed by atoms with E-state index >= 15 is 0 Å². The minimum Gasteiger partial charge on any atom is -0.338 e. The standard InChI is InChI=1S/C19H15F2O2P.2C9H6F3N3.Ir/c20-16-11-10-14(18(21)13-16)12-15-6-4-5-9-19(15)24(22,23)17-7-2-1-3-8-17;2*10-9(11,12)8-5-7(14-15-8)6-3-1-2-4-13-6;/h1-11,13H,12H2,(H,22,23);2*1-5H,(H,14,15);. The summed E-state index contributed by atoms with van der Waals surface area (Å²) < 4.78 is 113. The van der Waals surface area contributed by atoms with E-state index in [1.807, 2.05) is 10.2 Å². The van der Waals surface area contributed by atoms with Gasteiger partial charge in [-0.15, -0.1) is 0 Å². The molecule has 0 fully saturated rings. The van der Waals surface area contributed by atoms with Crippen molar-refractivity contribution in [3.05, 3.63) is 168 Å². The van der Waals surface area contributed by atoms with Crippen molar-refractivity contribution in [1.29, 1.82) is 0 Å². The molecule has 4 aromatic heterocycles. The molecule has 3 aromatic carbocycles. The third-order valence-electron chi connectivity index (χ3n) is 7.44. The van der Waals surface area contributed by atoms with E-state index in [9.17, 15) is 44.6 Å². The first kappa shape index (κ1) is 42.4. The zero-order valence-corrected chi connectivity index (χ0v) is 31.1. The van der Waals surface area contributed by atoms with Crippen molar-refractivity contribution >= 4 is 18.0 Å². The Kier molecular flexibility index (Phi) is 14.1. The molecule has 287 valence electrons. The average molecular weight is 963 g/mol. The maximum absolute atomic E-state index is 13.9. The zero-order chi connectivity index (χ0) is 38.9. The van der Waals surface area contributed by atoms with Crippen LogP contribution in [0.2, 0.25) is 0 Å². The third-order valence-corrected chi connectivity index (χ3v) is 9.53. The van der Waals surface area contributed by atoms with E-state index in [4.69, 9.17) is 0 Å². The molecule has 1 atom stereocenters. The SMILES string of the molecule is FC(F)(F)c1cc(-c2ccccn2)n[nH]1.FC(F)(F)c1cc(-c2ccccn2)n[nH]1.O=P(O)(c1ccccc1)c1ccccc1Cc1ccc(F)cc1F.[Ir]. The van der Waals surface area contributed by atoms with Crippen LogP contribution >= 0.6 is 7.37 Å². The van der Waals surface area contributed by atoms with Crippen molar-refractivity contribution < 1.29 is 64.7 Å². The molecule has 18 heteroatoms. The van der Waals surface area contributed by atoms with Gasteiger partial charge in [-0.1, -0.05) is 54.6 Å². The molecule has 0 bridgehead atoms. The van der Waals surface area contributed by atoms with Crippen LogP contribution in [-0.2, 0) is 43.4 Å². The fourth-order valence-electron chi connectivity index (χ4n) is 4.82. The number of rotatable bonds is 6. The van der Waals surface area contributed by atoms with Crippen LogP contribution in [0.1, 0.15) is 22.5 Å². The van der Waals surface area contributed by atoms with Gasteiger partial charge in [0.15, 0.2) is 0 Å². The van der Waals surface area contributed by atoms with Gasteiger partial charge in [0, 0.05) is 55.6 Å². The Morgan fingerprint density at radius 2 is 1.07 bits per heavy atom. The second-order valence-corrected chi connectivity index (χ2v) is 13.4. The quantitative estimate of drug-likeness (QED) is 0.113. The van der Waals surface area contributed by atoms with Gasteiger partial charge < -0.3 is 4.89 Å². The normalized spacial score (nSPS) is 12.2. The fourth-order valence-corrected chi connectivity index (χ4v) is 6.51. The molecule has 0 saturated carbocycles. The van der Waals surface area contributed by atoms with E-state index in [0.717, 1.165) is 18.2 Å². The number of H-pyrrole nitrogens is 2. The summed E-state index contributed by atoms with van der Waals surface area (Å²) in [5.41, 5.74) is 0.250. The van der Waals surface area contributed by atoms with Crippen LogP contribution in [0.25, 0.3) is 22.8 Å². The minimum atomic E-state index is -4.40. The number of alkyl halides is 6. The molecule has 0 aliphatic carbocycles. The number of aromatic amines is 2. The molecule has 1 radical (unpaired) electrons. The molecule has 0 aliphatic heterocycles. The molecule has 7 aromatic rings. The predicted octanol–water partition coefficient (Wildman–Crippen LogP) is 8.76. The van der Waals surface area contributed by atoms with Crippen molar-refractivity contribution in [3.63, 3.8) is 0 Å². The third kappa shape index (κ3) is 11.3. The second kappa shape index (κ2) is 18.3. The first-order chi connectivity index (χ1) is 25.6. The van der Waals surface area contributed by atoms with Crippen LogP contribution in [-0.4, -0.2) is 35.3 Å². The molecule has 0 spiro atoms. The van der Waals surface area contributed by atoms with Crippen molar-refractivity contribution in [2.45, 2.75) is 18.8 Å². The van der Waals surface area contributed by atoms with Crippen LogP contribution in [0.5, 0.6) is 0 Å². The molecule has 0 amide bonds. The summed E-state index contributed by atoms with van der Waals surface area (Å²) in [5.74, 6) is -1.32. The Morgan fingerprint density at radius 3 is 1.53 bits per heavy atom. The Labute approximate surface area is 321 Å². The number of hydrogen-bond donors (Lipinski definition) is 3. The summed E-state index contributed by atoms with van der Waals surface area (Å²) >= 11 is 0.